The van der Waals surface area contributed by atoms with Crippen molar-refractivity contribution in [2.45, 2.75) is 114 Å². The number of aliphatic hydroxyl groups excluding tert-OH is 2. The van der Waals surface area contributed by atoms with Crippen LogP contribution in [-0.2, 0) is 10.0 Å². The van der Waals surface area contributed by atoms with Gasteiger partial charge in [0.15, 0.2) is 0 Å². The van der Waals surface area contributed by atoms with Gasteiger partial charge in [0.1, 0.15) is 0 Å². The van der Waals surface area contributed by atoms with E-state index in [-0.39, 0.29) is 21.7 Å². The molecule has 2 atom stereocenters. The predicted octanol–water partition coefficient (Wildman–Crippen LogP) is 7.34. The van der Waals surface area contributed by atoms with E-state index in [0.717, 1.165) is 62.4 Å². The first kappa shape index (κ1) is 39.8. The molecule has 1 amide bonds. The minimum atomic E-state index is -4.22. The third-order valence-corrected chi connectivity index (χ3v) is 10.3. The van der Waals surface area contributed by atoms with Gasteiger partial charge in [-0.15, -0.1) is 0 Å². The first-order chi connectivity index (χ1) is 23.5. The number of fused-ring (bicyclic) bond motifs is 1. The molecule has 0 aromatic heterocycles. The lowest BCUT2D eigenvalue weighted by atomic mass is 9.99. The van der Waals surface area contributed by atoms with Crippen molar-refractivity contribution in [3.63, 3.8) is 0 Å². The molecule has 2 unspecified atom stereocenters. The molecule has 49 heavy (non-hydrogen) atoms. The summed E-state index contributed by atoms with van der Waals surface area (Å²) in [5, 5.41) is 34.3. The molecule has 3 aromatic rings. The highest BCUT2D eigenvalue weighted by molar-refractivity contribution is 7.93. The summed E-state index contributed by atoms with van der Waals surface area (Å²) in [5.74, 6) is -1.75. The summed E-state index contributed by atoms with van der Waals surface area (Å²) in [4.78, 5) is 26.8. The van der Waals surface area contributed by atoms with E-state index in [0.29, 0.717) is 24.8 Å². The molecular weight excluding hydrogens is 642 g/mol. The number of aliphatic hydroxyl groups is 2. The van der Waals surface area contributed by atoms with Crippen molar-refractivity contribution < 1.29 is 33.3 Å². The van der Waals surface area contributed by atoms with Gasteiger partial charge in [-0.25, -0.2) is 13.2 Å². The van der Waals surface area contributed by atoms with Crippen LogP contribution in [0.1, 0.15) is 118 Å². The summed E-state index contributed by atoms with van der Waals surface area (Å²) < 4.78 is 29.6. The molecule has 0 spiro atoms. The molecule has 3 rings (SSSR count). The lowest BCUT2D eigenvalue weighted by Gasteiger charge is -2.18. The maximum atomic E-state index is 13.6. The number of hydrogen-bond donors (Lipinski definition) is 5. The molecule has 3 aromatic carbocycles. The van der Waals surface area contributed by atoms with Crippen molar-refractivity contribution >= 4 is 44.0 Å². The third kappa shape index (κ3) is 12.3. The Morgan fingerprint density at radius 3 is 1.94 bits per heavy atom. The summed E-state index contributed by atoms with van der Waals surface area (Å²) in [5.41, 5.74) is 0.521. The lowest BCUT2D eigenvalue weighted by Crippen LogP contribution is -2.25. The highest BCUT2D eigenvalue weighted by Crippen LogP contribution is 2.32. The highest BCUT2D eigenvalue weighted by Gasteiger charge is 2.23. The molecule has 0 saturated carbocycles. The number of benzene rings is 3. The molecule has 11 heteroatoms. The number of carboxylic acids is 1. The predicted molar refractivity (Wildman–Crippen MR) is 197 cm³/mol. The topological polar surface area (TPSA) is 156 Å². The number of rotatable bonds is 23. The van der Waals surface area contributed by atoms with Crippen LogP contribution >= 0.6 is 0 Å². The zero-order chi connectivity index (χ0) is 35.8. The van der Waals surface area contributed by atoms with Crippen LogP contribution in [0.2, 0.25) is 0 Å². The van der Waals surface area contributed by atoms with Gasteiger partial charge < -0.3 is 25.5 Å². The van der Waals surface area contributed by atoms with Crippen LogP contribution in [0.25, 0.3) is 10.8 Å². The zero-order valence-electron chi connectivity index (χ0n) is 29.3. The molecular formula is C38H55N3O7S. The van der Waals surface area contributed by atoms with E-state index in [1.54, 1.807) is 18.2 Å². The van der Waals surface area contributed by atoms with E-state index in [1.165, 1.54) is 49.9 Å². The van der Waals surface area contributed by atoms with Crippen molar-refractivity contribution in [1.29, 1.82) is 0 Å². The van der Waals surface area contributed by atoms with Gasteiger partial charge >= 0.3 is 5.97 Å². The molecule has 0 heterocycles. The quantitative estimate of drug-likeness (QED) is 0.0645. The normalized spacial score (nSPS) is 12.8. The molecule has 0 fully saturated rings. The van der Waals surface area contributed by atoms with Crippen molar-refractivity contribution in [3.8, 4) is 0 Å². The van der Waals surface area contributed by atoms with Crippen LogP contribution in [0.4, 0.5) is 11.4 Å². The molecule has 0 bridgehead atoms. The van der Waals surface area contributed by atoms with E-state index in [4.69, 9.17) is 0 Å². The number of carboxylic acid groups (broad SMARTS) is 1. The van der Waals surface area contributed by atoms with E-state index >= 15 is 0 Å². The van der Waals surface area contributed by atoms with E-state index in [2.05, 4.69) is 17.0 Å². The minimum Gasteiger partial charge on any atom is -0.478 e. The fourth-order valence-corrected chi connectivity index (χ4v) is 7.35. The number of carbonyl (C=O) groups excluding carboxylic acids is 1. The van der Waals surface area contributed by atoms with E-state index in [1.807, 2.05) is 31.1 Å². The maximum Gasteiger partial charge on any atom is 0.337 e. The van der Waals surface area contributed by atoms with Crippen molar-refractivity contribution in [2.75, 3.05) is 30.3 Å². The minimum absolute atomic E-state index is 0.00263. The van der Waals surface area contributed by atoms with Gasteiger partial charge in [-0.05, 0) is 49.6 Å². The number of anilines is 2. The first-order valence-corrected chi connectivity index (χ1v) is 19.2. The number of carbonyl (C=O) groups is 2. The molecule has 270 valence electrons. The van der Waals surface area contributed by atoms with E-state index < -0.39 is 34.1 Å². The van der Waals surface area contributed by atoms with Crippen LogP contribution < -0.4 is 14.9 Å². The summed E-state index contributed by atoms with van der Waals surface area (Å²) in [7, 11) is -0.491. The SMILES string of the molecule is CCCCCCCCC(O)C(O)CCCCCCCCNC(=O)c1ccc(C(=O)O)c(NS(=O)(=O)c2cccc3c(N(C)C)cccc23)c1. The second-order valence-electron chi connectivity index (χ2n) is 13.1. The van der Waals surface area contributed by atoms with Crippen molar-refractivity contribution in [2.24, 2.45) is 0 Å². The molecule has 0 aliphatic heterocycles. The number of unbranched alkanes of at least 4 members (excludes halogenated alkanes) is 10. The molecule has 0 aliphatic rings. The Kier molecular flexibility index (Phi) is 16.3. The summed E-state index contributed by atoms with van der Waals surface area (Å²) in [6.45, 7) is 2.62. The van der Waals surface area contributed by atoms with Gasteiger partial charge in [-0.3, -0.25) is 9.52 Å². The Bertz CT molecular complexity index is 1610. The molecule has 10 nitrogen and oxygen atoms in total. The second kappa shape index (κ2) is 20.1. The number of amides is 1. The van der Waals surface area contributed by atoms with Crippen LogP contribution in [-0.4, -0.2) is 68.5 Å². The van der Waals surface area contributed by atoms with Crippen molar-refractivity contribution in [1.82, 2.24) is 5.32 Å². The van der Waals surface area contributed by atoms with Crippen molar-refractivity contribution in [3.05, 3.63) is 65.7 Å². The zero-order valence-corrected chi connectivity index (χ0v) is 30.1. The smallest absolute Gasteiger partial charge is 0.337 e. The van der Waals surface area contributed by atoms with Gasteiger partial charge in [0.2, 0.25) is 0 Å². The molecule has 0 aliphatic carbocycles. The van der Waals surface area contributed by atoms with Gasteiger partial charge in [0, 0.05) is 42.7 Å². The molecule has 0 saturated heterocycles. The van der Waals surface area contributed by atoms with Gasteiger partial charge in [0.25, 0.3) is 15.9 Å². The van der Waals surface area contributed by atoms with Crippen LogP contribution in [0.15, 0.2) is 59.5 Å². The average Bonchev–Trinajstić information content (AvgIpc) is 3.07. The number of nitrogens with one attached hydrogen (secondary N) is 2. The fourth-order valence-electron chi connectivity index (χ4n) is 6.05. The Morgan fingerprint density at radius 1 is 0.755 bits per heavy atom. The first-order valence-electron chi connectivity index (χ1n) is 17.7. The van der Waals surface area contributed by atoms with Crippen LogP contribution in [0.3, 0.4) is 0 Å². The number of aromatic carboxylic acids is 1. The monoisotopic (exact) mass is 697 g/mol. The Morgan fingerprint density at radius 2 is 1.33 bits per heavy atom. The fraction of sp³-hybridized carbons (Fsp3) is 0.526. The van der Waals surface area contributed by atoms with Gasteiger partial charge in [-0.1, -0.05) is 102 Å². The highest BCUT2D eigenvalue weighted by atomic mass is 32.2. The Balaban J connectivity index is 1.46. The summed E-state index contributed by atoms with van der Waals surface area (Å²) >= 11 is 0. The molecule has 5 N–H and O–H groups in total. The number of sulfonamides is 1. The number of nitrogens with zero attached hydrogens (tertiary/aromatic N) is 1. The van der Waals surface area contributed by atoms with Gasteiger partial charge in [-0.2, -0.15) is 0 Å². The lowest BCUT2D eigenvalue weighted by molar-refractivity contribution is 0.00712. The van der Waals surface area contributed by atoms with Crippen LogP contribution in [0, 0.1) is 0 Å². The Hall–Kier alpha value is -3.67. The van der Waals surface area contributed by atoms with E-state index in [9.17, 15) is 33.3 Å². The summed E-state index contributed by atoms with van der Waals surface area (Å²) in [6, 6.07) is 14.1. The largest absolute Gasteiger partial charge is 0.478 e. The van der Waals surface area contributed by atoms with Gasteiger partial charge in [0.05, 0.1) is 28.4 Å². The molecule has 0 radical (unpaired) electrons. The Labute approximate surface area is 292 Å². The summed E-state index contributed by atoms with van der Waals surface area (Å²) in [6.07, 6.45) is 12.4. The standard InChI is InChI=1S/C38H55N3O7S/c1-4-5-6-7-10-13-21-34(42)35(43)22-14-11-8-9-12-15-26-39-37(44)28-24-25-31(38(45)46)32(27-28)40-49(47,48)36-23-17-18-29-30(36)19-16-20-33(29)41(2)3/h16-20,23-25,27,34-35,40,42-43H,4-15,21-22,26H2,1-3H3,(H,39,44)(H,45,46). The third-order valence-electron chi connectivity index (χ3n) is 8.90. The second-order valence-corrected chi connectivity index (χ2v) is 14.7. The number of hydrogen-bond acceptors (Lipinski definition) is 7. The average molecular weight is 698 g/mol. The van der Waals surface area contributed by atoms with Crippen LogP contribution in [0.5, 0.6) is 0 Å². The maximum absolute atomic E-state index is 13.6.